The fourth-order valence-electron chi connectivity index (χ4n) is 2.23. The van der Waals surface area contributed by atoms with Crippen LogP contribution in [0.15, 0.2) is 40.9 Å². The van der Waals surface area contributed by atoms with Gasteiger partial charge >= 0.3 is 5.97 Å². The fourth-order valence-corrected chi connectivity index (χ4v) is 2.82. The molecule has 0 N–H and O–H groups in total. The van der Waals surface area contributed by atoms with E-state index >= 15 is 0 Å². The van der Waals surface area contributed by atoms with Crippen LogP contribution in [0.1, 0.15) is 28.6 Å². The number of methoxy groups -OCH3 is 1. The summed E-state index contributed by atoms with van der Waals surface area (Å²) in [6.45, 7) is 1.94. The van der Waals surface area contributed by atoms with Crippen LogP contribution in [0.25, 0.3) is 0 Å². The molecule has 1 atom stereocenters. The van der Waals surface area contributed by atoms with Crippen molar-refractivity contribution in [2.24, 2.45) is 5.16 Å². The minimum Gasteiger partial charge on any atom is -0.497 e. The summed E-state index contributed by atoms with van der Waals surface area (Å²) in [6.07, 6.45) is 0.538. The second kappa shape index (κ2) is 6.19. The monoisotopic (exact) mass is 317 g/mol. The molecule has 5 nitrogen and oxygen atoms in total. The van der Waals surface area contributed by atoms with Crippen molar-refractivity contribution >= 4 is 23.0 Å². The van der Waals surface area contributed by atoms with Gasteiger partial charge in [0.2, 0.25) is 0 Å². The molecule has 0 radical (unpaired) electrons. The molecule has 6 heteroatoms. The molecule has 2 heterocycles. The lowest BCUT2D eigenvalue weighted by Crippen LogP contribution is -2.25. The van der Waals surface area contributed by atoms with Crippen LogP contribution < -0.4 is 9.47 Å². The van der Waals surface area contributed by atoms with E-state index < -0.39 is 5.97 Å². The second-order valence-corrected chi connectivity index (χ2v) is 5.84. The Kier molecular flexibility index (Phi) is 4.11. The van der Waals surface area contributed by atoms with E-state index in [4.69, 9.17) is 14.3 Å². The molecule has 0 saturated carbocycles. The Morgan fingerprint density at radius 2 is 2.27 bits per heavy atom. The van der Waals surface area contributed by atoms with E-state index in [-0.39, 0.29) is 6.10 Å². The highest BCUT2D eigenvalue weighted by molar-refractivity contribution is 7.11. The minimum atomic E-state index is -0.447. The Hall–Kier alpha value is -2.34. The van der Waals surface area contributed by atoms with Crippen molar-refractivity contribution in [1.29, 1.82) is 0 Å². The van der Waals surface area contributed by atoms with Crippen molar-refractivity contribution in [3.63, 3.8) is 0 Å². The maximum Gasteiger partial charge on any atom is 0.375 e. The first-order valence-corrected chi connectivity index (χ1v) is 7.72. The van der Waals surface area contributed by atoms with E-state index in [1.54, 1.807) is 19.2 Å². The van der Waals surface area contributed by atoms with Gasteiger partial charge < -0.3 is 14.3 Å². The van der Waals surface area contributed by atoms with Crippen molar-refractivity contribution in [3.8, 4) is 11.5 Å². The van der Waals surface area contributed by atoms with E-state index in [9.17, 15) is 4.79 Å². The van der Waals surface area contributed by atoms with Crippen molar-refractivity contribution in [2.75, 3.05) is 7.11 Å². The Balaban J connectivity index is 1.85. The van der Waals surface area contributed by atoms with Gasteiger partial charge in [-0.15, -0.1) is 11.3 Å². The van der Waals surface area contributed by atoms with Crippen LogP contribution in [0, 0.1) is 0 Å². The van der Waals surface area contributed by atoms with Crippen molar-refractivity contribution < 1.29 is 19.1 Å². The molecule has 1 aromatic carbocycles. The van der Waals surface area contributed by atoms with Gasteiger partial charge in [0, 0.05) is 18.1 Å². The standard InChI is InChI=1S/C16H15NO4S/c1-10-8-13(17-21-16(18)15-4-3-7-22-15)12-6-5-11(19-2)9-14(12)20-10/h3-7,9-10H,8H2,1-2H3/b17-13-/t10-/m1/s1. The number of oxime groups is 1. The Morgan fingerprint density at radius 1 is 1.41 bits per heavy atom. The van der Waals surface area contributed by atoms with Gasteiger partial charge in [-0.2, -0.15) is 0 Å². The van der Waals surface area contributed by atoms with Crippen molar-refractivity contribution in [1.82, 2.24) is 0 Å². The Morgan fingerprint density at radius 3 is 3.00 bits per heavy atom. The van der Waals surface area contributed by atoms with Gasteiger partial charge in [-0.25, -0.2) is 4.79 Å². The molecule has 114 valence electrons. The highest BCUT2D eigenvalue weighted by atomic mass is 32.1. The SMILES string of the molecule is COc1ccc2c(c1)O[C@H](C)C/C2=N/OC(=O)c1cccs1. The first-order valence-electron chi connectivity index (χ1n) is 6.84. The van der Waals surface area contributed by atoms with Crippen molar-refractivity contribution in [3.05, 3.63) is 46.2 Å². The first-order chi connectivity index (χ1) is 10.7. The van der Waals surface area contributed by atoms with Gasteiger partial charge in [-0.05, 0) is 30.5 Å². The highest BCUT2D eigenvalue weighted by Crippen LogP contribution is 2.31. The number of carbonyl (C=O) groups excluding carboxylic acids is 1. The van der Waals surface area contributed by atoms with Crippen LogP contribution in [0.4, 0.5) is 0 Å². The molecular formula is C16H15NO4S. The maximum absolute atomic E-state index is 11.9. The lowest BCUT2D eigenvalue weighted by molar-refractivity contribution is 0.0519. The maximum atomic E-state index is 11.9. The van der Waals surface area contributed by atoms with E-state index in [1.165, 1.54) is 11.3 Å². The average molecular weight is 317 g/mol. The van der Waals surface area contributed by atoms with E-state index in [0.717, 1.165) is 5.56 Å². The summed E-state index contributed by atoms with van der Waals surface area (Å²) in [6, 6.07) is 9.00. The summed E-state index contributed by atoms with van der Waals surface area (Å²) in [4.78, 5) is 17.5. The molecule has 0 spiro atoms. The largest absolute Gasteiger partial charge is 0.497 e. The molecule has 22 heavy (non-hydrogen) atoms. The first kappa shape index (κ1) is 14.6. The van der Waals surface area contributed by atoms with Gasteiger partial charge in [0.15, 0.2) is 0 Å². The second-order valence-electron chi connectivity index (χ2n) is 4.89. The molecule has 0 fully saturated rings. The summed E-state index contributed by atoms with van der Waals surface area (Å²) in [7, 11) is 1.60. The summed E-state index contributed by atoms with van der Waals surface area (Å²) < 4.78 is 11.0. The number of hydrogen-bond donors (Lipinski definition) is 0. The topological polar surface area (TPSA) is 57.1 Å². The zero-order valence-electron chi connectivity index (χ0n) is 12.2. The fraction of sp³-hybridized carbons (Fsp3) is 0.250. The lowest BCUT2D eigenvalue weighted by atomic mass is 10.0. The number of thiophene rings is 1. The van der Waals surface area contributed by atoms with Crippen molar-refractivity contribution in [2.45, 2.75) is 19.4 Å². The molecule has 1 aliphatic heterocycles. The molecule has 1 aromatic heterocycles. The number of ether oxygens (including phenoxy) is 2. The molecule has 0 bridgehead atoms. The number of rotatable bonds is 3. The molecule has 1 aliphatic rings. The number of benzene rings is 1. The lowest BCUT2D eigenvalue weighted by Gasteiger charge is -2.24. The third-order valence-electron chi connectivity index (χ3n) is 3.27. The van der Waals surface area contributed by atoms with Gasteiger partial charge in [0.25, 0.3) is 0 Å². The third-order valence-corrected chi connectivity index (χ3v) is 4.12. The Labute approximate surface area is 132 Å². The number of fused-ring (bicyclic) bond motifs is 1. The normalized spacial score (nSPS) is 18.5. The van der Waals surface area contributed by atoms with Crippen LogP contribution >= 0.6 is 11.3 Å². The van der Waals surface area contributed by atoms with Gasteiger partial charge in [0.05, 0.1) is 12.8 Å². The van der Waals surface area contributed by atoms with Crippen LogP contribution in [0.5, 0.6) is 11.5 Å². The van der Waals surface area contributed by atoms with Gasteiger partial charge in [-0.3, -0.25) is 0 Å². The number of carbonyl (C=O) groups is 1. The molecule has 2 aromatic rings. The highest BCUT2D eigenvalue weighted by Gasteiger charge is 2.23. The van der Waals surface area contributed by atoms with Crippen LogP contribution in [0.2, 0.25) is 0 Å². The van der Waals surface area contributed by atoms with Crippen LogP contribution in [-0.2, 0) is 4.84 Å². The zero-order chi connectivity index (χ0) is 15.5. The number of nitrogens with zero attached hydrogens (tertiary/aromatic N) is 1. The zero-order valence-corrected chi connectivity index (χ0v) is 13.1. The minimum absolute atomic E-state index is 0.0428. The summed E-state index contributed by atoms with van der Waals surface area (Å²) in [5, 5.41) is 5.86. The summed E-state index contributed by atoms with van der Waals surface area (Å²) in [5.41, 5.74) is 1.51. The third kappa shape index (κ3) is 2.96. The predicted octanol–water partition coefficient (Wildman–Crippen LogP) is 3.49. The number of hydrogen-bond acceptors (Lipinski definition) is 6. The van der Waals surface area contributed by atoms with Gasteiger partial charge in [0.1, 0.15) is 22.5 Å². The van der Waals surface area contributed by atoms with E-state index in [1.807, 2.05) is 30.5 Å². The molecule has 3 rings (SSSR count). The van der Waals surface area contributed by atoms with Crippen LogP contribution in [0.3, 0.4) is 0 Å². The van der Waals surface area contributed by atoms with Gasteiger partial charge in [-0.1, -0.05) is 11.2 Å². The molecular weight excluding hydrogens is 302 g/mol. The molecule has 0 unspecified atom stereocenters. The summed E-state index contributed by atoms with van der Waals surface area (Å²) >= 11 is 1.32. The quantitative estimate of drug-likeness (QED) is 0.642. The molecule has 0 amide bonds. The Bertz CT molecular complexity index is 709. The average Bonchev–Trinajstić information content (AvgIpc) is 3.05. The predicted molar refractivity (Wildman–Crippen MR) is 84.0 cm³/mol. The van der Waals surface area contributed by atoms with E-state index in [0.29, 0.717) is 28.5 Å². The molecule has 0 saturated heterocycles. The van der Waals surface area contributed by atoms with Crippen LogP contribution in [-0.4, -0.2) is 24.9 Å². The smallest absolute Gasteiger partial charge is 0.375 e. The van der Waals surface area contributed by atoms with E-state index in [2.05, 4.69) is 5.16 Å². The molecule has 0 aliphatic carbocycles. The summed E-state index contributed by atoms with van der Waals surface area (Å²) in [5.74, 6) is 0.948.